The molecule has 0 radical (unpaired) electrons. The molecular formula is C26H25Cl2NO6S. The zero-order valence-corrected chi connectivity index (χ0v) is 22.2. The van der Waals surface area contributed by atoms with E-state index in [4.69, 9.17) is 37.4 Å². The Bertz CT molecular complexity index is 1210. The van der Waals surface area contributed by atoms with E-state index < -0.39 is 23.7 Å². The van der Waals surface area contributed by atoms with Gasteiger partial charge < -0.3 is 14.2 Å². The Morgan fingerprint density at radius 3 is 2.53 bits per heavy atom. The normalized spacial score (nSPS) is 14.3. The van der Waals surface area contributed by atoms with Crippen molar-refractivity contribution in [2.75, 3.05) is 19.8 Å². The zero-order valence-electron chi connectivity index (χ0n) is 19.8. The van der Waals surface area contributed by atoms with Gasteiger partial charge in [0.15, 0.2) is 11.5 Å². The summed E-state index contributed by atoms with van der Waals surface area (Å²) in [6.07, 6.45) is 3.78. The number of esters is 1. The van der Waals surface area contributed by atoms with Gasteiger partial charge in [0.25, 0.3) is 11.1 Å². The second-order valence-corrected chi connectivity index (χ2v) is 9.37. The van der Waals surface area contributed by atoms with Crippen molar-refractivity contribution in [3.05, 3.63) is 74.6 Å². The largest absolute Gasteiger partial charge is 0.490 e. The Hall–Kier alpha value is -2.94. The van der Waals surface area contributed by atoms with Gasteiger partial charge in [0.1, 0.15) is 13.2 Å². The molecular weight excluding hydrogens is 525 g/mol. The second-order valence-electron chi connectivity index (χ2n) is 7.53. The SMILES string of the molecule is C=CCc1cc(/C=C2/SC(=O)N(CC(=O)OCC)C2=O)cc(OCC)c1OCc1ccc(Cl)cc1Cl. The van der Waals surface area contributed by atoms with Crippen LogP contribution >= 0.6 is 35.0 Å². The van der Waals surface area contributed by atoms with Crippen molar-refractivity contribution >= 4 is 58.2 Å². The second kappa shape index (κ2) is 12.9. The van der Waals surface area contributed by atoms with Gasteiger partial charge in [0, 0.05) is 21.2 Å². The van der Waals surface area contributed by atoms with Gasteiger partial charge in [-0.15, -0.1) is 6.58 Å². The van der Waals surface area contributed by atoms with Crippen LogP contribution in [-0.2, 0) is 27.4 Å². The van der Waals surface area contributed by atoms with Gasteiger partial charge >= 0.3 is 5.97 Å². The van der Waals surface area contributed by atoms with E-state index >= 15 is 0 Å². The number of allylic oxidation sites excluding steroid dienone is 1. The molecule has 1 heterocycles. The summed E-state index contributed by atoms with van der Waals surface area (Å²) in [5.74, 6) is -0.205. The first-order valence-electron chi connectivity index (χ1n) is 11.2. The molecule has 0 bridgehead atoms. The molecule has 0 atom stereocenters. The lowest BCUT2D eigenvalue weighted by Gasteiger charge is -2.17. The molecule has 0 spiro atoms. The van der Waals surface area contributed by atoms with Crippen LogP contribution in [0.2, 0.25) is 10.0 Å². The summed E-state index contributed by atoms with van der Waals surface area (Å²) < 4.78 is 16.8. The number of carbonyl (C=O) groups is 3. The van der Waals surface area contributed by atoms with Crippen molar-refractivity contribution in [2.24, 2.45) is 0 Å². The maximum absolute atomic E-state index is 12.8. The molecule has 1 saturated heterocycles. The quantitative estimate of drug-likeness (QED) is 0.185. The van der Waals surface area contributed by atoms with Crippen LogP contribution in [0.3, 0.4) is 0 Å². The van der Waals surface area contributed by atoms with Crippen molar-refractivity contribution in [3.8, 4) is 11.5 Å². The number of thioether (sulfide) groups is 1. The minimum Gasteiger partial charge on any atom is -0.490 e. The third-order valence-corrected chi connectivity index (χ3v) is 6.46. The van der Waals surface area contributed by atoms with Crippen LogP contribution in [0.5, 0.6) is 11.5 Å². The van der Waals surface area contributed by atoms with Gasteiger partial charge in [-0.2, -0.15) is 0 Å². The number of ether oxygens (including phenoxy) is 3. The first kappa shape index (κ1) is 27.6. The molecule has 0 aromatic heterocycles. The summed E-state index contributed by atoms with van der Waals surface area (Å²) >= 11 is 13.0. The van der Waals surface area contributed by atoms with E-state index in [1.54, 1.807) is 43.3 Å². The summed E-state index contributed by atoms with van der Waals surface area (Å²) in [6.45, 7) is 7.62. The minimum atomic E-state index is -0.643. The fraction of sp³-hybridized carbons (Fsp3) is 0.269. The number of imide groups is 1. The van der Waals surface area contributed by atoms with Crippen LogP contribution in [0, 0.1) is 0 Å². The minimum absolute atomic E-state index is 0.163. The third kappa shape index (κ3) is 6.84. The first-order chi connectivity index (χ1) is 17.3. The predicted molar refractivity (Wildman–Crippen MR) is 142 cm³/mol. The van der Waals surface area contributed by atoms with Crippen molar-refractivity contribution in [1.29, 1.82) is 0 Å². The topological polar surface area (TPSA) is 82.1 Å². The molecule has 0 saturated carbocycles. The average molecular weight is 550 g/mol. The van der Waals surface area contributed by atoms with E-state index in [0.29, 0.717) is 40.1 Å². The summed E-state index contributed by atoms with van der Waals surface area (Å²) in [7, 11) is 0. The summed E-state index contributed by atoms with van der Waals surface area (Å²) in [5, 5.41) is 0.485. The van der Waals surface area contributed by atoms with Crippen molar-refractivity contribution in [3.63, 3.8) is 0 Å². The molecule has 2 aromatic rings. The highest BCUT2D eigenvalue weighted by Crippen LogP contribution is 2.38. The van der Waals surface area contributed by atoms with Crippen LogP contribution < -0.4 is 9.47 Å². The van der Waals surface area contributed by atoms with Gasteiger partial charge in [-0.3, -0.25) is 19.3 Å². The Labute approximate surface area is 224 Å². The van der Waals surface area contributed by atoms with Crippen LogP contribution in [0.4, 0.5) is 4.79 Å². The number of benzene rings is 2. The number of hydrogen-bond acceptors (Lipinski definition) is 7. The fourth-order valence-corrected chi connectivity index (χ4v) is 4.71. The summed E-state index contributed by atoms with van der Waals surface area (Å²) in [5.41, 5.74) is 2.17. The van der Waals surface area contributed by atoms with E-state index in [1.807, 2.05) is 13.0 Å². The Kier molecular flexibility index (Phi) is 9.87. The number of amides is 2. The number of halogens is 2. The van der Waals surface area contributed by atoms with Crippen LogP contribution in [0.25, 0.3) is 6.08 Å². The van der Waals surface area contributed by atoms with Crippen LogP contribution in [0.15, 0.2) is 47.9 Å². The Morgan fingerprint density at radius 2 is 1.86 bits per heavy atom. The number of carbonyl (C=O) groups excluding carboxylic acids is 3. The highest BCUT2D eigenvalue weighted by atomic mass is 35.5. The van der Waals surface area contributed by atoms with E-state index in [1.165, 1.54) is 0 Å². The predicted octanol–water partition coefficient (Wildman–Crippen LogP) is 6.30. The first-order valence-corrected chi connectivity index (χ1v) is 12.7. The van der Waals surface area contributed by atoms with Gasteiger partial charge in [0.2, 0.25) is 0 Å². The number of nitrogens with zero attached hydrogens (tertiary/aromatic N) is 1. The Balaban J connectivity index is 1.91. The summed E-state index contributed by atoms with van der Waals surface area (Å²) in [4.78, 5) is 37.9. The monoisotopic (exact) mass is 549 g/mol. The van der Waals surface area contributed by atoms with Crippen LogP contribution in [-0.4, -0.2) is 41.8 Å². The lowest BCUT2D eigenvalue weighted by molar-refractivity contribution is -0.145. The standard InChI is InChI=1S/C26H25Cl2NO6S/c1-4-7-17-10-16(12-22-25(31)29(26(32)36-22)14-23(30)34-6-3)11-21(33-5-2)24(17)35-15-18-8-9-19(27)13-20(18)28/h4,8-13H,1,5-7,14-15H2,2-3H3/b22-12+. The van der Waals surface area contributed by atoms with E-state index in [-0.39, 0.29) is 18.1 Å². The number of rotatable bonds is 11. The lowest BCUT2D eigenvalue weighted by Crippen LogP contribution is -2.34. The molecule has 36 heavy (non-hydrogen) atoms. The molecule has 0 aliphatic carbocycles. The molecule has 1 aliphatic rings. The lowest BCUT2D eigenvalue weighted by atomic mass is 10.0. The molecule has 1 aliphatic heterocycles. The fourth-order valence-electron chi connectivity index (χ4n) is 3.41. The van der Waals surface area contributed by atoms with Crippen LogP contribution in [0.1, 0.15) is 30.5 Å². The van der Waals surface area contributed by atoms with Gasteiger partial charge in [-0.1, -0.05) is 35.3 Å². The smallest absolute Gasteiger partial charge is 0.326 e. The molecule has 10 heteroatoms. The molecule has 190 valence electrons. The molecule has 0 unspecified atom stereocenters. The molecule has 2 aromatic carbocycles. The van der Waals surface area contributed by atoms with Gasteiger partial charge in [0.05, 0.1) is 18.1 Å². The van der Waals surface area contributed by atoms with Gasteiger partial charge in [-0.05, 0) is 67.9 Å². The Morgan fingerprint density at radius 1 is 1.08 bits per heavy atom. The molecule has 1 fully saturated rings. The molecule has 2 amide bonds. The van der Waals surface area contributed by atoms with Gasteiger partial charge in [-0.25, -0.2) is 0 Å². The highest BCUT2D eigenvalue weighted by molar-refractivity contribution is 8.18. The molecule has 7 nitrogen and oxygen atoms in total. The zero-order chi connectivity index (χ0) is 26.2. The number of hydrogen-bond donors (Lipinski definition) is 0. The maximum atomic E-state index is 12.8. The van der Waals surface area contributed by atoms with Crippen molar-refractivity contribution in [1.82, 2.24) is 4.90 Å². The molecule has 3 rings (SSSR count). The van der Waals surface area contributed by atoms with Crippen molar-refractivity contribution < 1.29 is 28.6 Å². The highest BCUT2D eigenvalue weighted by Gasteiger charge is 2.36. The molecule has 0 N–H and O–H groups in total. The maximum Gasteiger partial charge on any atom is 0.326 e. The summed E-state index contributed by atoms with van der Waals surface area (Å²) in [6, 6.07) is 8.74. The average Bonchev–Trinajstić information content (AvgIpc) is 3.07. The van der Waals surface area contributed by atoms with E-state index in [2.05, 4.69) is 6.58 Å². The van der Waals surface area contributed by atoms with Crippen molar-refractivity contribution in [2.45, 2.75) is 26.9 Å². The van der Waals surface area contributed by atoms with E-state index in [9.17, 15) is 14.4 Å². The van der Waals surface area contributed by atoms with E-state index in [0.717, 1.165) is 27.8 Å². The third-order valence-electron chi connectivity index (χ3n) is 4.97.